The van der Waals surface area contributed by atoms with E-state index in [2.05, 4.69) is 56.9 Å². The Bertz CT molecular complexity index is 285. The van der Waals surface area contributed by atoms with Crippen LogP contribution in [0.15, 0.2) is 60.3 Å². The Labute approximate surface area is 94.4 Å². The fourth-order valence-electron chi connectivity index (χ4n) is 1.30. The highest BCUT2D eigenvalue weighted by molar-refractivity contribution is 5.32. The Morgan fingerprint density at radius 2 is 1.87 bits per heavy atom. The van der Waals surface area contributed by atoms with Crippen molar-refractivity contribution in [3.63, 3.8) is 0 Å². The fraction of sp³-hybridized carbons (Fsp3) is 0.333. The molecule has 0 atom stereocenters. The van der Waals surface area contributed by atoms with Crippen LogP contribution in [-0.4, -0.2) is 0 Å². The molecule has 0 nitrogen and oxygen atoms in total. The third-order valence-electron chi connectivity index (χ3n) is 2.06. The minimum atomic E-state index is 0.976. The molecular formula is C15H22. The zero-order valence-electron chi connectivity index (χ0n) is 10.2. The van der Waals surface area contributed by atoms with E-state index < -0.39 is 0 Å². The van der Waals surface area contributed by atoms with Crippen LogP contribution in [0.4, 0.5) is 0 Å². The monoisotopic (exact) mass is 202 g/mol. The van der Waals surface area contributed by atoms with Gasteiger partial charge in [-0.25, -0.2) is 0 Å². The van der Waals surface area contributed by atoms with Gasteiger partial charge in [0.05, 0.1) is 0 Å². The van der Waals surface area contributed by atoms with Gasteiger partial charge in [0, 0.05) is 0 Å². The van der Waals surface area contributed by atoms with Gasteiger partial charge in [-0.3, -0.25) is 0 Å². The molecular weight excluding hydrogens is 180 g/mol. The van der Waals surface area contributed by atoms with E-state index >= 15 is 0 Å². The molecule has 0 saturated carbocycles. The van der Waals surface area contributed by atoms with Gasteiger partial charge in [-0.1, -0.05) is 56.0 Å². The number of allylic oxidation sites excluding steroid dienone is 9. The van der Waals surface area contributed by atoms with Crippen molar-refractivity contribution in [2.24, 2.45) is 0 Å². The first-order valence-electron chi connectivity index (χ1n) is 5.54. The molecule has 0 saturated heterocycles. The van der Waals surface area contributed by atoms with Gasteiger partial charge in [0.25, 0.3) is 0 Å². The lowest BCUT2D eigenvalue weighted by Crippen LogP contribution is -1.82. The summed E-state index contributed by atoms with van der Waals surface area (Å²) in [6, 6.07) is 0. The molecule has 0 aliphatic heterocycles. The molecule has 0 bridgehead atoms. The summed E-state index contributed by atoms with van der Waals surface area (Å²) in [6.45, 7) is 10.00. The third-order valence-corrected chi connectivity index (χ3v) is 2.06. The van der Waals surface area contributed by atoms with Crippen LogP contribution < -0.4 is 0 Å². The van der Waals surface area contributed by atoms with Crippen molar-refractivity contribution in [3.8, 4) is 0 Å². The molecule has 0 heterocycles. The van der Waals surface area contributed by atoms with Crippen molar-refractivity contribution in [2.45, 2.75) is 33.6 Å². The highest BCUT2D eigenvalue weighted by atomic mass is 14.0. The molecule has 0 aromatic carbocycles. The first-order chi connectivity index (χ1) is 7.28. The van der Waals surface area contributed by atoms with Gasteiger partial charge in [-0.2, -0.15) is 0 Å². The molecule has 0 N–H and O–H groups in total. The lowest BCUT2D eigenvalue weighted by atomic mass is 10.0. The Hall–Kier alpha value is -1.30. The van der Waals surface area contributed by atoms with E-state index in [0.717, 1.165) is 12.8 Å². The highest BCUT2D eigenvalue weighted by Crippen LogP contribution is 2.14. The summed E-state index contributed by atoms with van der Waals surface area (Å²) >= 11 is 0. The lowest BCUT2D eigenvalue weighted by molar-refractivity contribution is 1.17. The maximum Gasteiger partial charge on any atom is -0.00293 e. The van der Waals surface area contributed by atoms with Gasteiger partial charge < -0.3 is 0 Å². The maximum absolute atomic E-state index is 3.73. The van der Waals surface area contributed by atoms with Crippen LogP contribution in [0.5, 0.6) is 0 Å². The molecule has 0 aliphatic rings. The van der Waals surface area contributed by atoms with E-state index in [0.29, 0.717) is 0 Å². The van der Waals surface area contributed by atoms with Crippen LogP contribution in [0.25, 0.3) is 0 Å². The second-order valence-electron chi connectivity index (χ2n) is 3.33. The van der Waals surface area contributed by atoms with Gasteiger partial charge in [-0.15, -0.1) is 0 Å². The predicted octanol–water partition coefficient (Wildman–Crippen LogP) is 4.98. The molecule has 0 rings (SSSR count). The smallest absolute Gasteiger partial charge is 0.00293 e. The van der Waals surface area contributed by atoms with Crippen LogP contribution in [0.3, 0.4) is 0 Å². The quantitative estimate of drug-likeness (QED) is 0.533. The summed E-state index contributed by atoms with van der Waals surface area (Å²) in [6.07, 6.45) is 16.7. The molecule has 0 unspecified atom stereocenters. The van der Waals surface area contributed by atoms with Gasteiger partial charge in [0.1, 0.15) is 0 Å². The normalized spacial score (nSPS) is 14.1. The first kappa shape index (κ1) is 13.7. The van der Waals surface area contributed by atoms with E-state index in [1.807, 2.05) is 13.0 Å². The van der Waals surface area contributed by atoms with E-state index in [4.69, 9.17) is 0 Å². The molecule has 0 aromatic heterocycles. The number of rotatable bonds is 6. The Balaban J connectivity index is 4.57. The second-order valence-corrected chi connectivity index (χ2v) is 3.33. The van der Waals surface area contributed by atoms with E-state index in [-0.39, 0.29) is 0 Å². The second kappa shape index (κ2) is 9.26. The van der Waals surface area contributed by atoms with Crippen molar-refractivity contribution in [3.05, 3.63) is 60.3 Å². The zero-order chi connectivity index (χ0) is 11.5. The molecule has 0 fully saturated rings. The molecule has 0 radical (unpaired) electrons. The zero-order valence-corrected chi connectivity index (χ0v) is 10.2. The van der Waals surface area contributed by atoms with Crippen LogP contribution in [0, 0.1) is 0 Å². The minimum absolute atomic E-state index is 0.976. The van der Waals surface area contributed by atoms with Gasteiger partial charge in [0.15, 0.2) is 0 Å². The fourth-order valence-corrected chi connectivity index (χ4v) is 1.30. The summed E-state index contributed by atoms with van der Waals surface area (Å²) in [5.74, 6) is 0. The summed E-state index contributed by atoms with van der Waals surface area (Å²) in [7, 11) is 0. The Kier molecular flexibility index (Phi) is 8.46. The molecule has 0 spiro atoms. The average molecular weight is 202 g/mol. The third kappa shape index (κ3) is 6.73. The van der Waals surface area contributed by atoms with Crippen molar-refractivity contribution >= 4 is 0 Å². The first-order valence-corrected chi connectivity index (χ1v) is 5.54. The van der Waals surface area contributed by atoms with E-state index in [1.165, 1.54) is 11.1 Å². The average Bonchev–Trinajstić information content (AvgIpc) is 2.24. The molecule has 0 amide bonds. The standard InChI is InChI=1S/C15H22/c1-5-9-12-14(8-4)13-15(10-6-2)11-7-3/h6-12H,2,5,13H2,1,3-4H3/b11-7-,12-9-,14-8+,15-10+. The topological polar surface area (TPSA) is 0 Å². The SMILES string of the molecule is C=C/C=C(\C=C/C)CC(/C=C\CC)=C/C. The molecule has 0 heteroatoms. The predicted molar refractivity (Wildman–Crippen MR) is 70.9 cm³/mol. The van der Waals surface area contributed by atoms with Crippen LogP contribution in [0.2, 0.25) is 0 Å². The summed E-state index contributed by atoms with van der Waals surface area (Å²) in [5.41, 5.74) is 2.64. The molecule has 0 aliphatic carbocycles. The van der Waals surface area contributed by atoms with E-state index in [9.17, 15) is 0 Å². The largest absolute Gasteiger partial charge is 0.0991 e. The summed E-state index contributed by atoms with van der Waals surface area (Å²) in [5, 5.41) is 0. The number of hydrogen-bond donors (Lipinski definition) is 0. The van der Waals surface area contributed by atoms with Gasteiger partial charge >= 0.3 is 0 Å². The molecule has 0 aromatic rings. The van der Waals surface area contributed by atoms with Crippen molar-refractivity contribution < 1.29 is 0 Å². The Morgan fingerprint density at radius 3 is 2.33 bits per heavy atom. The summed E-state index contributed by atoms with van der Waals surface area (Å²) < 4.78 is 0. The Morgan fingerprint density at radius 1 is 1.13 bits per heavy atom. The van der Waals surface area contributed by atoms with Gasteiger partial charge in [-0.05, 0) is 37.8 Å². The highest BCUT2D eigenvalue weighted by Gasteiger charge is 1.94. The molecule has 15 heavy (non-hydrogen) atoms. The lowest BCUT2D eigenvalue weighted by Gasteiger charge is -2.02. The van der Waals surface area contributed by atoms with Crippen LogP contribution in [0.1, 0.15) is 33.6 Å². The molecule has 82 valence electrons. The van der Waals surface area contributed by atoms with Crippen LogP contribution >= 0.6 is 0 Å². The van der Waals surface area contributed by atoms with Crippen molar-refractivity contribution in [1.82, 2.24) is 0 Å². The minimum Gasteiger partial charge on any atom is -0.0991 e. The van der Waals surface area contributed by atoms with Crippen molar-refractivity contribution in [1.29, 1.82) is 0 Å². The maximum atomic E-state index is 3.73. The van der Waals surface area contributed by atoms with E-state index in [1.54, 1.807) is 0 Å². The number of hydrogen-bond acceptors (Lipinski definition) is 0. The van der Waals surface area contributed by atoms with Gasteiger partial charge in [0.2, 0.25) is 0 Å². The van der Waals surface area contributed by atoms with Crippen LogP contribution in [-0.2, 0) is 0 Å². The van der Waals surface area contributed by atoms with Crippen molar-refractivity contribution in [2.75, 3.05) is 0 Å². The summed E-state index contributed by atoms with van der Waals surface area (Å²) in [4.78, 5) is 0.